The van der Waals surface area contributed by atoms with Crippen LogP contribution in [0.5, 0.6) is 0 Å². The van der Waals surface area contributed by atoms with Gasteiger partial charge in [0, 0.05) is 12.2 Å². The van der Waals surface area contributed by atoms with Crippen LogP contribution in [0.4, 0.5) is 5.69 Å². The van der Waals surface area contributed by atoms with Gasteiger partial charge in [-0.15, -0.1) is 0 Å². The van der Waals surface area contributed by atoms with E-state index < -0.39 is 0 Å². The summed E-state index contributed by atoms with van der Waals surface area (Å²) in [6.45, 7) is 3.94. The predicted octanol–water partition coefficient (Wildman–Crippen LogP) is 5.20. The summed E-state index contributed by atoms with van der Waals surface area (Å²) < 4.78 is 5.82. The summed E-state index contributed by atoms with van der Waals surface area (Å²) in [4.78, 5) is 0. The molecule has 0 aliphatic heterocycles. The molecule has 3 aromatic rings. The minimum absolute atomic E-state index is 0.592. The van der Waals surface area contributed by atoms with Gasteiger partial charge < -0.3 is 15.4 Å². The van der Waals surface area contributed by atoms with Crippen LogP contribution in [-0.2, 0) is 24.5 Å². The average Bonchev–Trinajstić information content (AvgIpc) is 2.69. The first-order valence-electron chi connectivity index (χ1n) is 9.01. The molecule has 0 heterocycles. The molecule has 0 amide bonds. The Bertz CT molecular complexity index is 880. The molecule has 0 aliphatic carbocycles. The topological polar surface area (TPSA) is 33.3 Å². The highest BCUT2D eigenvalue weighted by atomic mass is 32.1. The van der Waals surface area contributed by atoms with Crippen LogP contribution in [-0.4, -0.2) is 5.11 Å². The zero-order chi connectivity index (χ0) is 18.9. The molecule has 0 fully saturated rings. The highest BCUT2D eigenvalue weighted by Gasteiger charge is 2.02. The van der Waals surface area contributed by atoms with Gasteiger partial charge in [-0.1, -0.05) is 72.8 Å². The number of anilines is 1. The normalized spacial score (nSPS) is 10.4. The van der Waals surface area contributed by atoms with Gasteiger partial charge in [-0.2, -0.15) is 0 Å². The first-order chi connectivity index (χ1) is 13.2. The number of rotatable bonds is 7. The Morgan fingerprint density at radius 1 is 0.815 bits per heavy atom. The fourth-order valence-electron chi connectivity index (χ4n) is 2.75. The van der Waals surface area contributed by atoms with Crippen LogP contribution in [0.15, 0.2) is 78.9 Å². The second-order valence-corrected chi connectivity index (χ2v) is 6.83. The second kappa shape index (κ2) is 9.86. The lowest BCUT2D eigenvalue weighted by molar-refractivity contribution is 0.107. The number of benzene rings is 3. The van der Waals surface area contributed by atoms with E-state index >= 15 is 0 Å². The molecule has 0 aromatic heterocycles. The van der Waals surface area contributed by atoms with Gasteiger partial charge in [0.1, 0.15) is 0 Å². The number of thiocarbonyl (C=S) groups is 1. The van der Waals surface area contributed by atoms with Gasteiger partial charge in [-0.05, 0) is 47.5 Å². The zero-order valence-electron chi connectivity index (χ0n) is 15.4. The molecule has 27 heavy (non-hydrogen) atoms. The molecule has 3 rings (SSSR count). The van der Waals surface area contributed by atoms with Crippen LogP contribution in [0.2, 0.25) is 0 Å². The molecule has 0 unspecified atom stereocenters. The van der Waals surface area contributed by atoms with Gasteiger partial charge in [0.25, 0.3) is 0 Å². The molecule has 0 saturated carbocycles. The number of nitrogens with one attached hydrogen (secondary N) is 2. The van der Waals surface area contributed by atoms with Crippen LogP contribution in [0, 0.1) is 6.92 Å². The smallest absolute Gasteiger partial charge is 0.171 e. The van der Waals surface area contributed by atoms with Crippen molar-refractivity contribution >= 4 is 23.0 Å². The quantitative estimate of drug-likeness (QED) is 0.556. The Kier molecular flexibility index (Phi) is 6.97. The van der Waals surface area contributed by atoms with Gasteiger partial charge in [-0.25, -0.2) is 0 Å². The van der Waals surface area contributed by atoms with E-state index in [9.17, 15) is 0 Å². The lowest BCUT2D eigenvalue weighted by Crippen LogP contribution is -2.28. The minimum Gasteiger partial charge on any atom is -0.372 e. The summed E-state index contributed by atoms with van der Waals surface area (Å²) in [7, 11) is 0. The van der Waals surface area contributed by atoms with Gasteiger partial charge in [0.15, 0.2) is 5.11 Å². The van der Waals surface area contributed by atoms with Crippen LogP contribution in [0.25, 0.3) is 0 Å². The molecule has 2 N–H and O–H groups in total. The Morgan fingerprint density at radius 3 is 2.30 bits per heavy atom. The second-order valence-electron chi connectivity index (χ2n) is 6.42. The highest BCUT2D eigenvalue weighted by molar-refractivity contribution is 7.80. The molecule has 0 spiro atoms. The van der Waals surface area contributed by atoms with Crippen molar-refractivity contribution in [2.45, 2.75) is 26.7 Å². The van der Waals surface area contributed by atoms with Gasteiger partial charge in [0.2, 0.25) is 0 Å². The lowest BCUT2D eigenvalue weighted by atomic mass is 10.1. The summed E-state index contributed by atoms with van der Waals surface area (Å²) in [6, 6.07) is 26.7. The van der Waals surface area contributed by atoms with Crippen molar-refractivity contribution in [3.05, 3.63) is 101 Å². The van der Waals surface area contributed by atoms with E-state index in [0.29, 0.717) is 24.9 Å². The number of hydrogen-bond acceptors (Lipinski definition) is 2. The van der Waals surface area contributed by atoms with E-state index in [1.54, 1.807) is 0 Å². The fourth-order valence-corrected chi connectivity index (χ4v) is 2.93. The Labute approximate surface area is 166 Å². The molecule has 0 atom stereocenters. The molecule has 0 aliphatic rings. The molecule has 3 aromatic carbocycles. The Hall–Kier alpha value is -2.69. The van der Waals surface area contributed by atoms with Crippen molar-refractivity contribution in [2.24, 2.45) is 0 Å². The van der Waals surface area contributed by atoms with Crippen molar-refractivity contribution in [1.82, 2.24) is 5.32 Å². The molecular weight excluding hydrogens is 352 g/mol. The third-order valence-electron chi connectivity index (χ3n) is 4.22. The third kappa shape index (κ3) is 6.20. The van der Waals surface area contributed by atoms with E-state index in [0.717, 1.165) is 11.3 Å². The largest absolute Gasteiger partial charge is 0.372 e. The summed E-state index contributed by atoms with van der Waals surface area (Å²) in [6.07, 6.45) is 0. The van der Waals surface area contributed by atoms with Crippen molar-refractivity contribution in [3.63, 3.8) is 0 Å². The van der Waals surface area contributed by atoms with Gasteiger partial charge in [-0.3, -0.25) is 0 Å². The van der Waals surface area contributed by atoms with E-state index in [4.69, 9.17) is 17.0 Å². The van der Waals surface area contributed by atoms with Crippen LogP contribution >= 0.6 is 12.2 Å². The van der Waals surface area contributed by atoms with Crippen LogP contribution in [0.1, 0.15) is 22.3 Å². The Balaban J connectivity index is 1.47. The first kappa shape index (κ1) is 19.1. The van der Waals surface area contributed by atoms with E-state index in [-0.39, 0.29) is 0 Å². The van der Waals surface area contributed by atoms with E-state index in [2.05, 4.69) is 60.0 Å². The monoisotopic (exact) mass is 376 g/mol. The van der Waals surface area contributed by atoms with Gasteiger partial charge in [0.05, 0.1) is 13.2 Å². The predicted molar refractivity (Wildman–Crippen MR) is 116 cm³/mol. The fraction of sp³-hybridized carbons (Fsp3) is 0.174. The summed E-state index contributed by atoms with van der Waals surface area (Å²) in [5.41, 5.74) is 5.70. The standard InChI is InChI=1S/C23H24N2OS/c1-18-8-5-6-13-22(18)25-23(27)24-15-20-11-7-12-21(14-20)17-26-16-19-9-3-2-4-10-19/h2-14H,15-17H2,1H3,(H2,24,25,27). The minimum atomic E-state index is 0.592. The van der Waals surface area contributed by atoms with Crippen LogP contribution in [0.3, 0.4) is 0 Å². The molecule has 138 valence electrons. The average molecular weight is 377 g/mol. The number of hydrogen-bond donors (Lipinski definition) is 2. The zero-order valence-corrected chi connectivity index (χ0v) is 16.3. The number of para-hydroxylation sites is 1. The van der Waals surface area contributed by atoms with Crippen molar-refractivity contribution < 1.29 is 4.74 Å². The maximum atomic E-state index is 5.82. The third-order valence-corrected chi connectivity index (χ3v) is 4.46. The summed E-state index contributed by atoms with van der Waals surface area (Å²) in [5.74, 6) is 0. The molecule has 0 radical (unpaired) electrons. The van der Waals surface area contributed by atoms with Crippen molar-refractivity contribution in [1.29, 1.82) is 0 Å². The molecular formula is C23H24N2OS. The molecule has 0 bridgehead atoms. The van der Waals surface area contributed by atoms with E-state index in [1.165, 1.54) is 16.7 Å². The number of aryl methyl sites for hydroxylation is 1. The highest BCUT2D eigenvalue weighted by Crippen LogP contribution is 2.13. The Morgan fingerprint density at radius 2 is 1.48 bits per heavy atom. The molecule has 3 nitrogen and oxygen atoms in total. The lowest BCUT2D eigenvalue weighted by Gasteiger charge is -2.13. The first-order valence-corrected chi connectivity index (χ1v) is 9.41. The van der Waals surface area contributed by atoms with Gasteiger partial charge >= 0.3 is 0 Å². The maximum absolute atomic E-state index is 5.82. The van der Waals surface area contributed by atoms with E-state index in [1.807, 2.05) is 36.4 Å². The summed E-state index contributed by atoms with van der Waals surface area (Å²) in [5, 5.41) is 7.13. The SMILES string of the molecule is Cc1ccccc1NC(=S)NCc1cccc(COCc2ccccc2)c1. The summed E-state index contributed by atoms with van der Waals surface area (Å²) >= 11 is 5.40. The van der Waals surface area contributed by atoms with Crippen LogP contribution < -0.4 is 10.6 Å². The number of ether oxygens (including phenoxy) is 1. The van der Waals surface area contributed by atoms with Crippen molar-refractivity contribution in [2.75, 3.05) is 5.32 Å². The molecule has 4 heteroatoms. The maximum Gasteiger partial charge on any atom is 0.171 e. The van der Waals surface area contributed by atoms with Crippen molar-refractivity contribution in [3.8, 4) is 0 Å². The molecule has 0 saturated heterocycles.